The van der Waals surface area contributed by atoms with E-state index in [2.05, 4.69) is 34.9 Å². The summed E-state index contributed by atoms with van der Waals surface area (Å²) in [6.07, 6.45) is 0.0410. The van der Waals surface area contributed by atoms with Crippen LogP contribution in [0.1, 0.15) is 33.8 Å². The van der Waals surface area contributed by atoms with E-state index in [-0.39, 0.29) is 53.8 Å². The molecule has 0 heterocycles. The summed E-state index contributed by atoms with van der Waals surface area (Å²) in [6, 6.07) is 19.9. The lowest BCUT2D eigenvalue weighted by Gasteiger charge is -2.14. The Kier molecular flexibility index (Phi) is 5.86. The van der Waals surface area contributed by atoms with Crippen molar-refractivity contribution < 1.29 is 29.3 Å². The van der Waals surface area contributed by atoms with Gasteiger partial charge in [-0.1, -0.05) is 48.5 Å². The van der Waals surface area contributed by atoms with Crippen LogP contribution >= 0.6 is 0 Å². The second kappa shape index (κ2) is 9.13. The van der Waals surface area contributed by atoms with Gasteiger partial charge in [0.1, 0.15) is 12.4 Å². The van der Waals surface area contributed by atoms with Crippen molar-refractivity contribution in [3.05, 3.63) is 83.4 Å². The number of hydrogen-bond acceptors (Lipinski definition) is 5. The van der Waals surface area contributed by atoms with E-state index in [1.54, 1.807) is 0 Å². The molecule has 35 heavy (non-hydrogen) atoms. The van der Waals surface area contributed by atoms with Gasteiger partial charge in [-0.05, 0) is 52.8 Å². The maximum Gasteiger partial charge on any atom is 0.407 e. The van der Waals surface area contributed by atoms with Crippen molar-refractivity contribution in [2.75, 3.05) is 18.5 Å². The van der Waals surface area contributed by atoms with Crippen LogP contribution < -0.4 is 10.6 Å². The van der Waals surface area contributed by atoms with Gasteiger partial charge in [0.2, 0.25) is 5.91 Å². The third-order valence-corrected chi connectivity index (χ3v) is 6.61. The number of anilines is 1. The molecule has 0 aliphatic heterocycles. The number of hydrogen-bond donors (Lipinski definition) is 4. The number of carbonyl (C=O) groups is 3. The number of ether oxygens (including phenoxy) is 1. The van der Waals surface area contributed by atoms with E-state index >= 15 is 0 Å². The number of amides is 2. The maximum atomic E-state index is 12.5. The molecule has 0 unspecified atom stereocenters. The summed E-state index contributed by atoms with van der Waals surface area (Å²) >= 11 is 0. The zero-order valence-corrected chi connectivity index (χ0v) is 18.7. The quantitative estimate of drug-likeness (QED) is 0.382. The van der Waals surface area contributed by atoms with Gasteiger partial charge in [0.25, 0.3) is 0 Å². The summed E-state index contributed by atoms with van der Waals surface area (Å²) in [5.74, 6) is -2.12. The predicted molar refractivity (Wildman–Crippen MR) is 128 cm³/mol. The van der Waals surface area contributed by atoms with Crippen molar-refractivity contribution in [3.63, 3.8) is 0 Å². The Bertz CT molecular complexity index is 1280. The fourth-order valence-corrected chi connectivity index (χ4v) is 4.65. The topological polar surface area (TPSA) is 125 Å². The molecule has 2 aliphatic carbocycles. The van der Waals surface area contributed by atoms with Crippen LogP contribution in [0.25, 0.3) is 11.1 Å². The molecule has 2 atom stereocenters. The normalized spacial score (nSPS) is 17.7. The summed E-state index contributed by atoms with van der Waals surface area (Å²) in [4.78, 5) is 35.9. The predicted octanol–water partition coefficient (Wildman–Crippen LogP) is 4.20. The van der Waals surface area contributed by atoms with E-state index in [1.807, 2.05) is 24.3 Å². The molecule has 2 amide bonds. The summed E-state index contributed by atoms with van der Waals surface area (Å²) < 4.78 is 5.52. The van der Waals surface area contributed by atoms with Crippen molar-refractivity contribution in [1.29, 1.82) is 0 Å². The smallest absolute Gasteiger partial charge is 0.407 e. The number of aromatic carboxylic acids is 1. The SMILES string of the molecule is O=C(NC[C@@H]1C[C@@H]1C(=O)Nc1cc(C(=O)O)ccc1O)OCC1c2ccccc2-c2ccccc21. The highest BCUT2D eigenvalue weighted by Crippen LogP contribution is 2.44. The monoisotopic (exact) mass is 472 g/mol. The number of carbonyl (C=O) groups excluding carboxylic acids is 2. The third-order valence-electron chi connectivity index (χ3n) is 6.61. The molecule has 178 valence electrons. The fourth-order valence-electron chi connectivity index (χ4n) is 4.65. The van der Waals surface area contributed by atoms with E-state index in [0.717, 1.165) is 22.3 Å². The molecule has 3 aromatic carbocycles. The van der Waals surface area contributed by atoms with Crippen LogP contribution in [0, 0.1) is 11.8 Å². The zero-order chi connectivity index (χ0) is 24.5. The Morgan fingerprint density at radius 2 is 1.60 bits per heavy atom. The molecule has 0 spiro atoms. The Balaban J connectivity index is 1.11. The third kappa shape index (κ3) is 4.55. The first-order valence-electron chi connectivity index (χ1n) is 11.4. The molecular weight excluding hydrogens is 448 g/mol. The van der Waals surface area contributed by atoms with Crippen LogP contribution in [0.4, 0.5) is 10.5 Å². The summed E-state index contributed by atoms with van der Waals surface area (Å²) in [6.45, 7) is 0.504. The van der Waals surface area contributed by atoms with Crippen LogP contribution in [0.3, 0.4) is 0 Å². The van der Waals surface area contributed by atoms with E-state index in [1.165, 1.54) is 18.2 Å². The number of fused-ring (bicyclic) bond motifs is 3. The van der Waals surface area contributed by atoms with E-state index < -0.39 is 12.1 Å². The Morgan fingerprint density at radius 1 is 0.943 bits per heavy atom. The average molecular weight is 472 g/mol. The van der Waals surface area contributed by atoms with Gasteiger partial charge in [0.05, 0.1) is 11.3 Å². The maximum absolute atomic E-state index is 12.5. The second-order valence-corrected chi connectivity index (χ2v) is 8.84. The number of aromatic hydroxyl groups is 1. The first-order chi connectivity index (χ1) is 16.9. The summed E-state index contributed by atoms with van der Waals surface area (Å²) in [5.41, 5.74) is 4.59. The van der Waals surface area contributed by atoms with Crippen LogP contribution in [0.15, 0.2) is 66.7 Å². The van der Waals surface area contributed by atoms with Gasteiger partial charge in [0.15, 0.2) is 0 Å². The van der Waals surface area contributed by atoms with Crippen molar-refractivity contribution in [2.45, 2.75) is 12.3 Å². The zero-order valence-electron chi connectivity index (χ0n) is 18.7. The van der Waals surface area contributed by atoms with E-state index in [4.69, 9.17) is 9.84 Å². The van der Waals surface area contributed by atoms with Gasteiger partial charge in [-0.15, -0.1) is 0 Å². The van der Waals surface area contributed by atoms with Gasteiger partial charge in [-0.3, -0.25) is 4.79 Å². The molecule has 0 radical (unpaired) electrons. The van der Waals surface area contributed by atoms with Crippen molar-refractivity contribution in [1.82, 2.24) is 5.32 Å². The lowest BCUT2D eigenvalue weighted by Crippen LogP contribution is -2.29. The Hall–Kier alpha value is -4.33. The van der Waals surface area contributed by atoms with E-state index in [0.29, 0.717) is 6.42 Å². The van der Waals surface area contributed by atoms with Crippen molar-refractivity contribution >= 4 is 23.7 Å². The molecule has 1 fully saturated rings. The Morgan fingerprint density at radius 3 is 2.26 bits per heavy atom. The van der Waals surface area contributed by atoms with Gasteiger partial charge in [-0.25, -0.2) is 9.59 Å². The highest BCUT2D eigenvalue weighted by atomic mass is 16.5. The minimum atomic E-state index is -1.16. The van der Waals surface area contributed by atoms with Gasteiger partial charge in [-0.2, -0.15) is 0 Å². The lowest BCUT2D eigenvalue weighted by atomic mass is 9.98. The van der Waals surface area contributed by atoms with Crippen molar-refractivity contribution in [3.8, 4) is 16.9 Å². The second-order valence-electron chi connectivity index (χ2n) is 8.84. The molecule has 4 N–H and O–H groups in total. The molecule has 1 saturated carbocycles. The number of carboxylic acids is 1. The van der Waals surface area contributed by atoms with E-state index in [9.17, 15) is 19.5 Å². The molecule has 8 heteroatoms. The first-order valence-corrected chi connectivity index (χ1v) is 11.4. The highest BCUT2D eigenvalue weighted by Gasteiger charge is 2.43. The first kappa shape index (κ1) is 22.5. The van der Waals surface area contributed by atoms with Crippen molar-refractivity contribution in [2.24, 2.45) is 11.8 Å². The van der Waals surface area contributed by atoms with Gasteiger partial charge < -0.3 is 25.6 Å². The van der Waals surface area contributed by atoms with Crippen LogP contribution in [0.5, 0.6) is 5.75 Å². The van der Waals surface area contributed by atoms with Crippen LogP contribution in [0.2, 0.25) is 0 Å². The lowest BCUT2D eigenvalue weighted by molar-refractivity contribution is -0.117. The number of benzene rings is 3. The average Bonchev–Trinajstić information content (AvgIpc) is 3.58. The number of phenolic OH excluding ortho intramolecular Hbond substituents is 1. The molecule has 0 bridgehead atoms. The number of nitrogens with one attached hydrogen (secondary N) is 2. The minimum Gasteiger partial charge on any atom is -0.506 e. The molecule has 0 saturated heterocycles. The Labute approximate surface area is 201 Å². The molecule has 2 aliphatic rings. The largest absolute Gasteiger partial charge is 0.506 e. The van der Waals surface area contributed by atoms with Gasteiger partial charge in [0, 0.05) is 18.4 Å². The van der Waals surface area contributed by atoms with Crippen LogP contribution in [-0.4, -0.2) is 41.3 Å². The summed E-state index contributed by atoms with van der Waals surface area (Å²) in [7, 11) is 0. The highest BCUT2D eigenvalue weighted by molar-refractivity contribution is 5.97. The number of carboxylic acid groups (broad SMARTS) is 1. The number of phenols is 1. The number of alkyl carbamates (subject to hydrolysis) is 1. The van der Waals surface area contributed by atoms with Gasteiger partial charge >= 0.3 is 12.1 Å². The molecule has 8 nitrogen and oxygen atoms in total. The molecular formula is C27H24N2O6. The molecule has 0 aromatic heterocycles. The summed E-state index contributed by atoms with van der Waals surface area (Å²) in [5, 5.41) is 24.3. The number of rotatable bonds is 7. The molecule has 5 rings (SSSR count). The minimum absolute atomic E-state index is 0.0261. The van der Waals surface area contributed by atoms with Crippen LogP contribution in [-0.2, 0) is 9.53 Å². The molecule has 3 aromatic rings. The standard InChI is InChI=1S/C27H24N2O6/c30-24-10-9-15(26(32)33)12-23(24)29-25(31)21-11-16(21)13-28-27(34)35-14-22-19-7-3-1-5-17(19)18-6-2-4-8-20(18)22/h1-10,12,16,21-22,30H,11,13-14H2,(H,28,34)(H,29,31)(H,32,33)/t16-,21-/m0/s1. The fraction of sp³-hybridized carbons (Fsp3) is 0.222.